The molecule has 0 atom stereocenters. The predicted octanol–water partition coefficient (Wildman–Crippen LogP) is 4.33. The molecular weight excluding hydrogens is 260 g/mol. The Morgan fingerprint density at radius 1 is 0.944 bits per heavy atom. The number of hydrogen-bond donors (Lipinski definition) is 0. The van der Waals surface area contributed by atoms with Crippen LogP contribution < -0.4 is 0 Å². The monoisotopic (exact) mass is 270 g/mol. The lowest BCUT2D eigenvalue weighted by Crippen LogP contribution is -2.02. The first-order chi connectivity index (χ1) is 8.84. The van der Waals surface area contributed by atoms with Gasteiger partial charge in [0.25, 0.3) is 0 Å². The van der Waals surface area contributed by atoms with E-state index in [2.05, 4.69) is 11.2 Å². The normalized spacial score (nSPS) is 10.4. The molecule has 4 heteroatoms. The van der Waals surface area contributed by atoms with Gasteiger partial charge in [-0.3, -0.25) is 0 Å². The lowest BCUT2D eigenvalue weighted by molar-refractivity contribution is 0.836. The van der Waals surface area contributed by atoms with Crippen LogP contribution in [0.1, 0.15) is 0 Å². The lowest BCUT2D eigenvalue weighted by Gasteiger charge is -2.07. The Morgan fingerprint density at radius 2 is 1.78 bits per heavy atom. The molecular formula is C14H10N2S2. The van der Waals surface area contributed by atoms with Crippen molar-refractivity contribution in [2.75, 3.05) is 0 Å². The van der Waals surface area contributed by atoms with Crippen LogP contribution in [0.2, 0.25) is 0 Å². The average molecular weight is 270 g/mol. The summed E-state index contributed by atoms with van der Waals surface area (Å²) in [6.45, 7) is 0. The minimum atomic E-state index is 0.710. The van der Waals surface area contributed by atoms with Crippen LogP contribution in [0.3, 0.4) is 0 Å². The van der Waals surface area contributed by atoms with Gasteiger partial charge in [0.05, 0.1) is 10.6 Å². The summed E-state index contributed by atoms with van der Waals surface area (Å²) in [5.41, 5.74) is 1.93. The summed E-state index contributed by atoms with van der Waals surface area (Å²) in [4.78, 5) is 1.15. The maximum atomic E-state index is 5.33. The van der Waals surface area contributed by atoms with Crippen molar-refractivity contribution in [2.24, 2.45) is 0 Å². The first-order valence-electron chi connectivity index (χ1n) is 5.54. The zero-order valence-electron chi connectivity index (χ0n) is 9.48. The second kappa shape index (κ2) is 4.84. The van der Waals surface area contributed by atoms with E-state index < -0.39 is 0 Å². The minimum Gasteiger partial charge on any atom is -0.222 e. The van der Waals surface area contributed by atoms with Crippen molar-refractivity contribution in [1.82, 2.24) is 9.78 Å². The summed E-state index contributed by atoms with van der Waals surface area (Å²) in [5.74, 6) is 0. The molecule has 3 rings (SSSR count). The molecule has 0 fully saturated rings. The van der Waals surface area contributed by atoms with E-state index in [1.54, 1.807) is 16.0 Å². The summed E-state index contributed by atoms with van der Waals surface area (Å²) in [5, 5.41) is 6.66. The molecule has 0 amide bonds. The Labute approximate surface area is 114 Å². The maximum absolute atomic E-state index is 5.33. The second-order valence-corrected chi connectivity index (χ2v) is 5.15. The zero-order chi connectivity index (χ0) is 12.4. The summed E-state index contributed by atoms with van der Waals surface area (Å²) < 4.78 is 2.51. The van der Waals surface area contributed by atoms with E-state index in [1.165, 1.54) is 0 Å². The zero-order valence-corrected chi connectivity index (χ0v) is 11.1. The Hall–Kier alpha value is -1.78. The molecule has 0 aliphatic carbocycles. The molecule has 2 aromatic heterocycles. The topological polar surface area (TPSA) is 17.8 Å². The van der Waals surface area contributed by atoms with Gasteiger partial charge in [-0.15, -0.1) is 11.3 Å². The van der Waals surface area contributed by atoms with Gasteiger partial charge < -0.3 is 0 Å². The first kappa shape index (κ1) is 11.3. The second-order valence-electron chi connectivity index (χ2n) is 3.78. The fourth-order valence-corrected chi connectivity index (χ4v) is 2.63. The van der Waals surface area contributed by atoms with Gasteiger partial charge in [-0.1, -0.05) is 36.5 Å². The van der Waals surface area contributed by atoms with Gasteiger partial charge in [-0.05, 0) is 35.7 Å². The molecule has 0 radical (unpaired) electrons. The highest BCUT2D eigenvalue weighted by molar-refractivity contribution is 7.71. The highest BCUT2D eigenvalue weighted by Gasteiger charge is 2.03. The lowest BCUT2D eigenvalue weighted by atomic mass is 10.3. The smallest absolute Gasteiger partial charge is 0.128 e. The van der Waals surface area contributed by atoms with Gasteiger partial charge in [-0.25, -0.2) is 4.68 Å². The molecule has 0 spiro atoms. The van der Waals surface area contributed by atoms with E-state index in [4.69, 9.17) is 12.2 Å². The quantitative estimate of drug-likeness (QED) is 0.645. The van der Waals surface area contributed by atoms with Crippen LogP contribution in [0.25, 0.3) is 16.3 Å². The standard InChI is InChI=1S/C14H10N2S2/c17-14-9-8-12(13-7-4-10-18-13)15-16(14)11-5-2-1-3-6-11/h1-10H. The molecule has 88 valence electrons. The van der Waals surface area contributed by atoms with Crippen LogP contribution in [-0.2, 0) is 0 Å². The highest BCUT2D eigenvalue weighted by atomic mass is 32.1. The molecule has 18 heavy (non-hydrogen) atoms. The SMILES string of the molecule is S=c1ccc(-c2cccs2)nn1-c1ccccc1. The van der Waals surface area contributed by atoms with Gasteiger partial charge in [0.15, 0.2) is 0 Å². The third kappa shape index (κ3) is 2.12. The fraction of sp³-hybridized carbons (Fsp3) is 0. The van der Waals surface area contributed by atoms with Crippen molar-refractivity contribution < 1.29 is 0 Å². The fourth-order valence-electron chi connectivity index (χ4n) is 1.72. The van der Waals surface area contributed by atoms with Crippen LogP contribution in [0.4, 0.5) is 0 Å². The number of para-hydroxylation sites is 1. The summed E-state index contributed by atoms with van der Waals surface area (Å²) in [6.07, 6.45) is 0. The van der Waals surface area contributed by atoms with Crippen molar-refractivity contribution in [3.05, 3.63) is 64.6 Å². The van der Waals surface area contributed by atoms with Crippen molar-refractivity contribution in [1.29, 1.82) is 0 Å². The molecule has 3 aromatic rings. The molecule has 0 saturated heterocycles. The Morgan fingerprint density at radius 3 is 2.50 bits per heavy atom. The van der Waals surface area contributed by atoms with Crippen LogP contribution >= 0.6 is 23.6 Å². The first-order valence-corrected chi connectivity index (χ1v) is 6.83. The van der Waals surface area contributed by atoms with Gasteiger partial charge in [0.2, 0.25) is 0 Å². The van der Waals surface area contributed by atoms with Crippen LogP contribution in [0.5, 0.6) is 0 Å². The number of benzene rings is 1. The molecule has 2 nitrogen and oxygen atoms in total. The average Bonchev–Trinajstić information content (AvgIpc) is 2.94. The van der Waals surface area contributed by atoms with E-state index in [9.17, 15) is 0 Å². The van der Waals surface area contributed by atoms with Gasteiger partial charge in [0, 0.05) is 0 Å². The third-order valence-corrected chi connectivity index (χ3v) is 3.78. The Balaban J connectivity index is 2.16. The molecule has 2 heterocycles. The van der Waals surface area contributed by atoms with E-state index in [-0.39, 0.29) is 0 Å². The van der Waals surface area contributed by atoms with Gasteiger partial charge >= 0.3 is 0 Å². The van der Waals surface area contributed by atoms with Crippen molar-refractivity contribution >= 4 is 23.6 Å². The molecule has 0 aliphatic rings. The molecule has 1 aromatic carbocycles. The van der Waals surface area contributed by atoms with E-state index in [0.717, 1.165) is 16.3 Å². The molecule has 0 N–H and O–H groups in total. The third-order valence-electron chi connectivity index (χ3n) is 2.57. The van der Waals surface area contributed by atoms with E-state index >= 15 is 0 Å². The molecule has 0 saturated carbocycles. The molecule has 0 unspecified atom stereocenters. The van der Waals surface area contributed by atoms with Crippen molar-refractivity contribution in [2.45, 2.75) is 0 Å². The minimum absolute atomic E-state index is 0.710. The number of rotatable bonds is 2. The van der Waals surface area contributed by atoms with Crippen LogP contribution in [-0.4, -0.2) is 9.78 Å². The van der Waals surface area contributed by atoms with Gasteiger partial charge in [0.1, 0.15) is 10.3 Å². The summed E-state index contributed by atoms with van der Waals surface area (Å²) in [6, 6.07) is 17.9. The number of hydrogen-bond acceptors (Lipinski definition) is 3. The molecule has 0 aliphatic heterocycles. The number of thiophene rings is 1. The summed E-state index contributed by atoms with van der Waals surface area (Å²) in [7, 11) is 0. The number of nitrogens with zero attached hydrogens (tertiary/aromatic N) is 2. The summed E-state index contributed by atoms with van der Waals surface area (Å²) >= 11 is 7.00. The maximum Gasteiger partial charge on any atom is 0.128 e. The predicted molar refractivity (Wildman–Crippen MR) is 77.7 cm³/mol. The number of aromatic nitrogens is 2. The van der Waals surface area contributed by atoms with E-state index in [1.807, 2.05) is 53.9 Å². The van der Waals surface area contributed by atoms with Gasteiger partial charge in [-0.2, -0.15) is 5.10 Å². The van der Waals surface area contributed by atoms with Crippen molar-refractivity contribution in [3.8, 4) is 16.3 Å². The van der Waals surface area contributed by atoms with Crippen LogP contribution in [0, 0.1) is 4.64 Å². The Kier molecular flexibility index (Phi) is 3.04. The highest BCUT2D eigenvalue weighted by Crippen LogP contribution is 2.22. The Bertz CT molecular complexity index is 700. The van der Waals surface area contributed by atoms with Crippen LogP contribution in [0.15, 0.2) is 60.0 Å². The van der Waals surface area contributed by atoms with E-state index in [0.29, 0.717) is 4.64 Å². The molecule has 0 bridgehead atoms. The largest absolute Gasteiger partial charge is 0.222 e. The van der Waals surface area contributed by atoms with Crippen molar-refractivity contribution in [3.63, 3.8) is 0 Å².